The summed E-state index contributed by atoms with van der Waals surface area (Å²) < 4.78 is 9.37. The van der Waals surface area contributed by atoms with Gasteiger partial charge in [-0.1, -0.05) is 30.3 Å². The zero-order valence-corrected chi connectivity index (χ0v) is 17.3. The maximum atomic E-state index is 12.8. The number of hydrogen-bond donors (Lipinski definition) is 1. The molecule has 0 unspecified atom stereocenters. The van der Waals surface area contributed by atoms with Gasteiger partial charge in [-0.2, -0.15) is 0 Å². The zero-order chi connectivity index (χ0) is 22.3. The molecule has 2 rings (SSSR count). The third-order valence-corrected chi connectivity index (χ3v) is 4.37. The predicted octanol–water partition coefficient (Wildman–Crippen LogP) is 2.64. The van der Waals surface area contributed by atoms with Crippen LogP contribution in [0.5, 0.6) is 0 Å². The summed E-state index contributed by atoms with van der Waals surface area (Å²) in [5.41, 5.74) is 0.963. The molecule has 1 N–H and O–H groups in total. The Kier molecular flexibility index (Phi) is 7.69. The van der Waals surface area contributed by atoms with Crippen molar-refractivity contribution in [3.63, 3.8) is 0 Å². The SMILES string of the molecule is COC(=O)c1ccc(C(=O)OC)c(NC(=O)C(=O)N(Cc2ccccc2)C(C)C)c1. The van der Waals surface area contributed by atoms with Gasteiger partial charge in [0, 0.05) is 12.6 Å². The second-order valence-corrected chi connectivity index (χ2v) is 6.71. The topological polar surface area (TPSA) is 102 Å². The second-order valence-electron chi connectivity index (χ2n) is 6.71. The summed E-state index contributed by atoms with van der Waals surface area (Å²) >= 11 is 0. The number of amides is 2. The Hall–Kier alpha value is -3.68. The molecule has 0 aliphatic heterocycles. The first-order valence-electron chi connectivity index (χ1n) is 9.25. The van der Waals surface area contributed by atoms with Gasteiger partial charge < -0.3 is 19.7 Å². The Balaban J connectivity index is 2.30. The van der Waals surface area contributed by atoms with E-state index in [4.69, 9.17) is 4.74 Å². The van der Waals surface area contributed by atoms with Gasteiger partial charge >= 0.3 is 23.8 Å². The Morgan fingerprint density at radius 1 is 0.933 bits per heavy atom. The van der Waals surface area contributed by atoms with Crippen LogP contribution in [-0.4, -0.2) is 48.9 Å². The summed E-state index contributed by atoms with van der Waals surface area (Å²) in [6.45, 7) is 3.84. The van der Waals surface area contributed by atoms with Crippen molar-refractivity contribution in [2.75, 3.05) is 19.5 Å². The number of benzene rings is 2. The van der Waals surface area contributed by atoms with E-state index in [-0.39, 0.29) is 29.4 Å². The van der Waals surface area contributed by atoms with Crippen molar-refractivity contribution in [2.24, 2.45) is 0 Å². The maximum Gasteiger partial charge on any atom is 0.339 e. The Labute approximate surface area is 174 Å². The summed E-state index contributed by atoms with van der Waals surface area (Å²) in [5.74, 6) is -3.08. The van der Waals surface area contributed by atoms with Crippen molar-refractivity contribution >= 4 is 29.4 Å². The highest BCUT2D eigenvalue weighted by molar-refractivity contribution is 6.40. The Morgan fingerprint density at radius 3 is 2.13 bits per heavy atom. The van der Waals surface area contributed by atoms with Gasteiger partial charge in [0.1, 0.15) is 0 Å². The molecule has 0 aliphatic rings. The molecule has 0 saturated heterocycles. The lowest BCUT2D eigenvalue weighted by Crippen LogP contribution is -2.43. The third kappa shape index (κ3) is 5.44. The van der Waals surface area contributed by atoms with Gasteiger partial charge in [0.15, 0.2) is 0 Å². The lowest BCUT2D eigenvalue weighted by Gasteiger charge is -2.26. The minimum atomic E-state index is -0.938. The molecule has 0 bridgehead atoms. The number of nitrogens with zero attached hydrogens (tertiary/aromatic N) is 1. The van der Waals surface area contributed by atoms with Gasteiger partial charge in [-0.05, 0) is 37.6 Å². The van der Waals surface area contributed by atoms with E-state index in [0.717, 1.165) is 5.56 Å². The molecule has 0 aromatic heterocycles. The van der Waals surface area contributed by atoms with Gasteiger partial charge in [-0.25, -0.2) is 9.59 Å². The molecule has 0 aliphatic carbocycles. The van der Waals surface area contributed by atoms with E-state index < -0.39 is 23.8 Å². The first-order valence-corrected chi connectivity index (χ1v) is 9.25. The fraction of sp³-hybridized carbons (Fsp3) is 0.273. The van der Waals surface area contributed by atoms with Crippen molar-refractivity contribution in [3.8, 4) is 0 Å². The van der Waals surface area contributed by atoms with Crippen LogP contribution in [-0.2, 0) is 25.6 Å². The van der Waals surface area contributed by atoms with Crippen LogP contribution in [0.15, 0.2) is 48.5 Å². The summed E-state index contributed by atoms with van der Waals surface area (Å²) in [5, 5.41) is 2.43. The number of anilines is 1. The summed E-state index contributed by atoms with van der Waals surface area (Å²) in [7, 11) is 2.40. The monoisotopic (exact) mass is 412 g/mol. The fourth-order valence-electron chi connectivity index (χ4n) is 2.76. The van der Waals surface area contributed by atoms with E-state index in [1.54, 1.807) is 13.8 Å². The van der Waals surface area contributed by atoms with Crippen LogP contribution in [0.4, 0.5) is 5.69 Å². The molecule has 8 nitrogen and oxygen atoms in total. The van der Waals surface area contributed by atoms with Crippen LogP contribution >= 0.6 is 0 Å². The molecule has 2 aromatic rings. The van der Waals surface area contributed by atoms with Crippen LogP contribution in [0.2, 0.25) is 0 Å². The molecule has 30 heavy (non-hydrogen) atoms. The van der Waals surface area contributed by atoms with Crippen LogP contribution < -0.4 is 5.32 Å². The lowest BCUT2D eigenvalue weighted by molar-refractivity contribution is -0.144. The minimum Gasteiger partial charge on any atom is -0.465 e. The van der Waals surface area contributed by atoms with Crippen LogP contribution in [0.1, 0.15) is 40.1 Å². The lowest BCUT2D eigenvalue weighted by atomic mass is 10.1. The third-order valence-electron chi connectivity index (χ3n) is 4.37. The maximum absolute atomic E-state index is 12.8. The first-order chi connectivity index (χ1) is 14.3. The molecular weight excluding hydrogens is 388 g/mol. The number of methoxy groups -OCH3 is 2. The molecule has 0 saturated carbocycles. The van der Waals surface area contributed by atoms with E-state index in [0.29, 0.717) is 0 Å². The second kappa shape index (κ2) is 10.2. The predicted molar refractivity (Wildman–Crippen MR) is 110 cm³/mol. The fourth-order valence-corrected chi connectivity index (χ4v) is 2.76. The Morgan fingerprint density at radius 2 is 1.57 bits per heavy atom. The van der Waals surface area contributed by atoms with Crippen LogP contribution in [0.25, 0.3) is 0 Å². The number of nitrogens with one attached hydrogen (secondary N) is 1. The van der Waals surface area contributed by atoms with Gasteiger partial charge in [-0.15, -0.1) is 0 Å². The number of carbonyl (C=O) groups is 4. The minimum absolute atomic E-state index is 0.00505. The number of ether oxygens (including phenoxy) is 2. The van der Waals surface area contributed by atoms with Crippen molar-refractivity contribution < 1.29 is 28.7 Å². The van der Waals surface area contributed by atoms with E-state index in [1.165, 1.54) is 37.3 Å². The molecular formula is C22H24N2O6. The van der Waals surface area contributed by atoms with Gasteiger partial charge in [0.05, 0.1) is 31.0 Å². The number of esters is 2. The summed E-state index contributed by atoms with van der Waals surface area (Å²) in [6, 6.07) is 13.0. The molecule has 0 atom stereocenters. The van der Waals surface area contributed by atoms with Crippen molar-refractivity contribution in [3.05, 3.63) is 65.2 Å². The standard InChI is InChI=1S/C22H24N2O6/c1-14(2)24(13-15-8-6-5-7-9-15)20(26)19(25)23-18-12-16(21(27)29-3)10-11-17(18)22(28)30-4/h5-12,14H,13H2,1-4H3,(H,23,25). The average Bonchev–Trinajstić information content (AvgIpc) is 2.76. The molecule has 0 heterocycles. The van der Waals surface area contributed by atoms with E-state index in [1.807, 2.05) is 30.3 Å². The van der Waals surface area contributed by atoms with Crippen LogP contribution in [0.3, 0.4) is 0 Å². The molecule has 8 heteroatoms. The molecule has 0 spiro atoms. The quantitative estimate of drug-likeness (QED) is 0.578. The number of rotatable bonds is 6. The average molecular weight is 412 g/mol. The van der Waals surface area contributed by atoms with Crippen LogP contribution in [0, 0.1) is 0 Å². The molecule has 2 aromatic carbocycles. The largest absolute Gasteiger partial charge is 0.465 e. The molecule has 0 fully saturated rings. The summed E-state index contributed by atoms with van der Waals surface area (Å²) in [4.78, 5) is 50.8. The molecule has 0 radical (unpaired) electrons. The highest BCUT2D eigenvalue weighted by atomic mass is 16.5. The van der Waals surface area contributed by atoms with E-state index in [9.17, 15) is 19.2 Å². The first kappa shape index (κ1) is 22.6. The van der Waals surface area contributed by atoms with Crippen molar-refractivity contribution in [2.45, 2.75) is 26.4 Å². The Bertz CT molecular complexity index is 940. The van der Waals surface area contributed by atoms with Gasteiger partial charge in [0.2, 0.25) is 0 Å². The van der Waals surface area contributed by atoms with Crippen molar-refractivity contribution in [1.29, 1.82) is 0 Å². The van der Waals surface area contributed by atoms with E-state index in [2.05, 4.69) is 10.1 Å². The number of hydrogen-bond acceptors (Lipinski definition) is 6. The molecule has 2 amide bonds. The molecule has 158 valence electrons. The normalized spacial score (nSPS) is 10.3. The van der Waals surface area contributed by atoms with E-state index >= 15 is 0 Å². The highest BCUT2D eigenvalue weighted by Gasteiger charge is 2.26. The smallest absolute Gasteiger partial charge is 0.339 e. The van der Waals surface area contributed by atoms with Gasteiger partial charge in [-0.3, -0.25) is 9.59 Å². The number of carbonyl (C=O) groups excluding carboxylic acids is 4. The highest BCUT2D eigenvalue weighted by Crippen LogP contribution is 2.20. The zero-order valence-electron chi connectivity index (χ0n) is 17.3. The van der Waals surface area contributed by atoms with Gasteiger partial charge in [0.25, 0.3) is 0 Å². The summed E-state index contributed by atoms with van der Waals surface area (Å²) in [6.07, 6.45) is 0. The van der Waals surface area contributed by atoms with Crippen molar-refractivity contribution in [1.82, 2.24) is 4.90 Å².